The molecule has 0 radical (unpaired) electrons. The third-order valence-corrected chi connectivity index (χ3v) is 6.23. The van der Waals surface area contributed by atoms with Gasteiger partial charge in [-0.3, -0.25) is 4.79 Å². The Labute approximate surface area is 180 Å². The number of hydrogen-bond acceptors (Lipinski definition) is 4. The lowest BCUT2D eigenvalue weighted by Gasteiger charge is -2.34. The summed E-state index contributed by atoms with van der Waals surface area (Å²) in [5.74, 6) is 0.735. The predicted molar refractivity (Wildman–Crippen MR) is 117 cm³/mol. The third kappa shape index (κ3) is 5.17. The fourth-order valence-corrected chi connectivity index (χ4v) is 4.62. The Balaban J connectivity index is 1.42. The van der Waals surface area contributed by atoms with Gasteiger partial charge in [-0.1, -0.05) is 41.9 Å². The van der Waals surface area contributed by atoms with Crippen LogP contribution in [-0.2, 0) is 11.2 Å². The number of thiazole rings is 1. The van der Waals surface area contributed by atoms with E-state index in [4.69, 9.17) is 21.3 Å². The lowest BCUT2D eigenvalue weighted by molar-refractivity contribution is -0.137. The van der Waals surface area contributed by atoms with Crippen LogP contribution < -0.4 is 4.74 Å². The molecule has 1 aliphatic heterocycles. The van der Waals surface area contributed by atoms with Crippen LogP contribution in [0.2, 0.25) is 5.02 Å². The molecule has 1 saturated heterocycles. The Bertz CT molecular complexity index is 943. The van der Waals surface area contributed by atoms with Gasteiger partial charge < -0.3 is 9.64 Å². The average Bonchev–Trinajstić information content (AvgIpc) is 3.23. The first-order valence-electron chi connectivity index (χ1n) is 9.85. The van der Waals surface area contributed by atoms with Gasteiger partial charge >= 0.3 is 0 Å². The molecular formula is C23H23ClN2O2S. The quantitative estimate of drug-likeness (QED) is 0.521. The van der Waals surface area contributed by atoms with Gasteiger partial charge in [0.15, 0.2) is 6.61 Å². The predicted octanol–water partition coefficient (Wildman–Crippen LogP) is 5.52. The van der Waals surface area contributed by atoms with Gasteiger partial charge in [-0.15, -0.1) is 11.3 Å². The number of carbonyl (C=O) groups excluding carboxylic acids is 1. The number of para-hydroxylation sites is 1. The summed E-state index contributed by atoms with van der Waals surface area (Å²) in [5.41, 5.74) is 2.18. The molecule has 29 heavy (non-hydrogen) atoms. The van der Waals surface area contributed by atoms with Crippen molar-refractivity contribution in [3.63, 3.8) is 0 Å². The molecular weight excluding hydrogens is 404 g/mol. The molecule has 4 rings (SSSR count). The van der Waals surface area contributed by atoms with Crippen LogP contribution in [-0.4, -0.2) is 28.9 Å². The van der Waals surface area contributed by atoms with Gasteiger partial charge in [-0.05, 0) is 49.1 Å². The van der Waals surface area contributed by atoms with E-state index in [0.717, 1.165) is 48.0 Å². The highest BCUT2D eigenvalue weighted by Gasteiger charge is 2.29. The maximum absolute atomic E-state index is 12.8. The van der Waals surface area contributed by atoms with Crippen molar-refractivity contribution in [3.05, 3.63) is 81.3 Å². The lowest BCUT2D eigenvalue weighted by Crippen LogP contribution is -2.41. The molecule has 3 aromatic rings. The molecule has 0 saturated carbocycles. The van der Waals surface area contributed by atoms with Gasteiger partial charge in [0.25, 0.3) is 5.91 Å². The van der Waals surface area contributed by atoms with Crippen molar-refractivity contribution in [1.29, 1.82) is 0 Å². The summed E-state index contributed by atoms with van der Waals surface area (Å²) in [6, 6.07) is 17.4. The highest BCUT2D eigenvalue weighted by Crippen LogP contribution is 2.32. The van der Waals surface area contributed by atoms with Crippen molar-refractivity contribution in [3.8, 4) is 5.75 Å². The zero-order valence-electron chi connectivity index (χ0n) is 16.1. The Kier molecular flexibility index (Phi) is 6.47. The highest BCUT2D eigenvalue weighted by molar-refractivity contribution is 7.09. The monoisotopic (exact) mass is 426 g/mol. The van der Waals surface area contributed by atoms with Crippen molar-refractivity contribution in [2.24, 2.45) is 0 Å². The first kappa shape index (κ1) is 19.9. The van der Waals surface area contributed by atoms with Crippen LogP contribution >= 0.6 is 22.9 Å². The maximum Gasteiger partial charge on any atom is 0.261 e. The Morgan fingerprint density at radius 1 is 1.14 bits per heavy atom. The lowest BCUT2D eigenvalue weighted by atomic mass is 10.00. The molecule has 0 N–H and O–H groups in total. The molecule has 1 atom stereocenters. The molecule has 1 aromatic heterocycles. The number of carbonyl (C=O) groups is 1. The van der Waals surface area contributed by atoms with E-state index < -0.39 is 0 Å². The number of aromatic nitrogens is 1. The second kappa shape index (κ2) is 9.42. The molecule has 2 aromatic carbocycles. The fraction of sp³-hybridized carbons (Fsp3) is 0.304. The van der Waals surface area contributed by atoms with E-state index in [-0.39, 0.29) is 18.6 Å². The summed E-state index contributed by atoms with van der Waals surface area (Å²) in [6.45, 7) is 0.813. The largest absolute Gasteiger partial charge is 0.484 e. The van der Waals surface area contributed by atoms with E-state index in [9.17, 15) is 4.79 Å². The van der Waals surface area contributed by atoms with Crippen molar-refractivity contribution in [2.45, 2.75) is 31.7 Å². The average molecular weight is 427 g/mol. The van der Waals surface area contributed by atoms with E-state index in [1.165, 1.54) is 5.56 Å². The van der Waals surface area contributed by atoms with Crippen LogP contribution in [0.5, 0.6) is 5.75 Å². The number of hydrogen-bond donors (Lipinski definition) is 0. The second-order valence-corrected chi connectivity index (χ2v) is 8.55. The topological polar surface area (TPSA) is 42.4 Å². The summed E-state index contributed by atoms with van der Waals surface area (Å²) in [4.78, 5) is 19.6. The smallest absolute Gasteiger partial charge is 0.261 e. The van der Waals surface area contributed by atoms with Crippen LogP contribution in [0.15, 0.2) is 60.0 Å². The van der Waals surface area contributed by atoms with Gasteiger partial charge in [-0.25, -0.2) is 4.98 Å². The fourth-order valence-electron chi connectivity index (χ4n) is 3.62. The van der Waals surface area contributed by atoms with Crippen molar-refractivity contribution < 1.29 is 9.53 Å². The van der Waals surface area contributed by atoms with E-state index in [2.05, 4.69) is 5.38 Å². The molecule has 2 heterocycles. The van der Waals surface area contributed by atoms with Crippen LogP contribution in [0.1, 0.15) is 41.6 Å². The molecule has 1 amide bonds. The molecule has 150 valence electrons. The number of nitrogens with zero attached hydrogens (tertiary/aromatic N) is 2. The summed E-state index contributed by atoms with van der Waals surface area (Å²) in [6.07, 6.45) is 3.86. The maximum atomic E-state index is 12.8. The second-order valence-electron chi connectivity index (χ2n) is 7.17. The number of rotatable bonds is 6. The number of benzene rings is 2. The summed E-state index contributed by atoms with van der Waals surface area (Å²) >= 11 is 7.62. The van der Waals surface area contributed by atoms with Crippen LogP contribution in [0.25, 0.3) is 0 Å². The summed E-state index contributed by atoms with van der Waals surface area (Å²) in [5, 5.41) is 3.89. The van der Waals surface area contributed by atoms with Crippen LogP contribution in [0.3, 0.4) is 0 Å². The van der Waals surface area contributed by atoms with Gasteiger partial charge in [0.05, 0.1) is 16.7 Å². The molecule has 6 heteroatoms. The number of amides is 1. The van der Waals surface area contributed by atoms with Gasteiger partial charge in [-0.2, -0.15) is 0 Å². The van der Waals surface area contributed by atoms with Crippen LogP contribution in [0.4, 0.5) is 0 Å². The molecule has 0 aliphatic carbocycles. The summed E-state index contributed by atoms with van der Waals surface area (Å²) in [7, 11) is 0. The Hall–Kier alpha value is -2.37. The minimum absolute atomic E-state index is 0.0193. The van der Waals surface area contributed by atoms with E-state index in [1.54, 1.807) is 11.3 Å². The molecule has 1 aliphatic rings. The standard InChI is InChI=1S/C23H23ClN2O2S/c24-18-11-9-17(10-12-18)14-22-25-20(16-29-22)21-8-4-5-13-26(21)23(27)15-28-19-6-2-1-3-7-19/h1-3,6-7,9-12,16,21H,4-5,8,13-15H2. The van der Waals surface area contributed by atoms with Crippen molar-refractivity contribution in [1.82, 2.24) is 9.88 Å². The minimum Gasteiger partial charge on any atom is -0.484 e. The zero-order valence-corrected chi connectivity index (χ0v) is 17.7. The van der Waals surface area contributed by atoms with Crippen LogP contribution in [0, 0.1) is 0 Å². The molecule has 0 bridgehead atoms. The highest BCUT2D eigenvalue weighted by atomic mass is 35.5. The van der Waals surface area contributed by atoms with Gasteiger partial charge in [0.1, 0.15) is 5.75 Å². The third-order valence-electron chi connectivity index (χ3n) is 5.11. The molecule has 1 unspecified atom stereocenters. The van der Waals surface area contributed by atoms with E-state index >= 15 is 0 Å². The first-order valence-corrected chi connectivity index (χ1v) is 11.1. The summed E-state index contributed by atoms with van der Waals surface area (Å²) < 4.78 is 5.68. The molecule has 0 spiro atoms. The zero-order chi connectivity index (χ0) is 20.1. The minimum atomic E-state index is 0.0193. The van der Waals surface area contributed by atoms with E-state index in [0.29, 0.717) is 5.75 Å². The Morgan fingerprint density at radius 3 is 2.72 bits per heavy atom. The molecule has 4 nitrogen and oxygen atoms in total. The van der Waals surface area contributed by atoms with Crippen molar-refractivity contribution in [2.75, 3.05) is 13.2 Å². The Morgan fingerprint density at radius 2 is 1.93 bits per heavy atom. The number of likely N-dealkylation sites (tertiary alicyclic amines) is 1. The van der Waals surface area contributed by atoms with Crippen molar-refractivity contribution >= 4 is 28.8 Å². The molecule has 1 fully saturated rings. The number of piperidine rings is 1. The normalized spacial score (nSPS) is 16.6. The number of halogens is 1. The number of ether oxygens (including phenoxy) is 1. The first-order chi connectivity index (χ1) is 14.2. The van der Waals surface area contributed by atoms with Gasteiger partial charge in [0.2, 0.25) is 0 Å². The SMILES string of the molecule is O=C(COc1ccccc1)N1CCCCC1c1csc(Cc2ccc(Cl)cc2)n1. The van der Waals surface area contributed by atoms with Gasteiger partial charge in [0, 0.05) is 23.4 Å². The van der Waals surface area contributed by atoms with E-state index in [1.807, 2.05) is 59.5 Å².